The fraction of sp³-hybridized carbons (Fsp3) is 0.250. The van der Waals surface area contributed by atoms with E-state index in [4.69, 9.17) is 21.8 Å². The van der Waals surface area contributed by atoms with Crippen LogP contribution >= 0.6 is 11.6 Å². The molecule has 108 valence electrons. The Balaban J connectivity index is 3.03. The fourth-order valence-corrected chi connectivity index (χ4v) is 1.75. The topological polar surface area (TPSA) is 94.9 Å². The maximum absolute atomic E-state index is 13.6. The van der Waals surface area contributed by atoms with Gasteiger partial charge in [0.1, 0.15) is 12.4 Å². The second-order valence-corrected chi connectivity index (χ2v) is 4.27. The van der Waals surface area contributed by atoms with Gasteiger partial charge in [0.25, 0.3) is 5.91 Å². The van der Waals surface area contributed by atoms with Crippen molar-refractivity contribution >= 4 is 29.4 Å². The average Bonchev–Trinajstić information content (AvgIpc) is 2.33. The predicted octanol–water partition coefficient (Wildman–Crippen LogP) is 1.48. The molecule has 0 aliphatic heterocycles. The van der Waals surface area contributed by atoms with Gasteiger partial charge in [0.05, 0.1) is 17.0 Å². The SMILES string of the molecule is O=C(O)CCN(CC(=O)O)C(=O)c1c(F)cccc1Cl. The van der Waals surface area contributed by atoms with E-state index in [0.29, 0.717) is 0 Å². The Morgan fingerprint density at radius 3 is 2.35 bits per heavy atom. The number of amides is 1. The monoisotopic (exact) mass is 303 g/mol. The summed E-state index contributed by atoms with van der Waals surface area (Å²) in [5.74, 6) is -4.39. The van der Waals surface area contributed by atoms with Crippen LogP contribution in [0.5, 0.6) is 0 Å². The second kappa shape index (κ2) is 6.85. The van der Waals surface area contributed by atoms with Crippen LogP contribution in [0.3, 0.4) is 0 Å². The smallest absolute Gasteiger partial charge is 0.323 e. The number of nitrogens with zero attached hydrogens (tertiary/aromatic N) is 1. The molecule has 0 atom stereocenters. The van der Waals surface area contributed by atoms with E-state index in [1.807, 2.05) is 0 Å². The Hall–Kier alpha value is -2.15. The van der Waals surface area contributed by atoms with Crippen LogP contribution in [0.25, 0.3) is 0 Å². The molecule has 0 fully saturated rings. The standard InChI is InChI=1S/C12H11ClFNO5/c13-7-2-1-3-8(14)11(7)12(20)15(6-10(18)19)5-4-9(16)17/h1-3H,4-6H2,(H,16,17)(H,18,19). The minimum absolute atomic E-state index is 0.166. The van der Waals surface area contributed by atoms with Crippen molar-refractivity contribution in [3.05, 3.63) is 34.6 Å². The minimum Gasteiger partial charge on any atom is -0.481 e. The number of carbonyl (C=O) groups is 3. The van der Waals surface area contributed by atoms with E-state index in [2.05, 4.69) is 0 Å². The van der Waals surface area contributed by atoms with Gasteiger partial charge in [-0.25, -0.2) is 4.39 Å². The minimum atomic E-state index is -1.34. The summed E-state index contributed by atoms with van der Waals surface area (Å²) in [6.07, 6.45) is -0.453. The zero-order valence-corrected chi connectivity index (χ0v) is 10.9. The Bertz CT molecular complexity index is 528. The summed E-state index contributed by atoms with van der Waals surface area (Å²) < 4.78 is 13.6. The van der Waals surface area contributed by atoms with Crippen LogP contribution in [0.15, 0.2) is 18.2 Å². The number of carboxylic acid groups (broad SMARTS) is 2. The summed E-state index contributed by atoms with van der Waals surface area (Å²) in [4.78, 5) is 34.0. The van der Waals surface area contributed by atoms with Gasteiger partial charge in [-0.3, -0.25) is 14.4 Å². The third-order valence-electron chi connectivity index (χ3n) is 2.39. The number of benzene rings is 1. The zero-order valence-electron chi connectivity index (χ0n) is 10.2. The molecular formula is C12H11ClFNO5. The van der Waals surface area contributed by atoms with E-state index in [1.165, 1.54) is 12.1 Å². The van der Waals surface area contributed by atoms with Crippen LogP contribution in [0.1, 0.15) is 16.8 Å². The van der Waals surface area contributed by atoms with Gasteiger partial charge >= 0.3 is 11.9 Å². The lowest BCUT2D eigenvalue weighted by atomic mass is 10.1. The molecule has 1 aromatic carbocycles. The zero-order chi connectivity index (χ0) is 15.3. The van der Waals surface area contributed by atoms with Gasteiger partial charge in [-0.1, -0.05) is 17.7 Å². The first kappa shape index (κ1) is 15.9. The van der Waals surface area contributed by atoms with Crippen LogP contribution in [0, 0.1) is 5.82 Å². The van der Waals surface area contributed by atoms with Gasteiger partial charge in [0, 0.05) is 6.54 Å². The second-order valence-electron chi connectivity index (χ2n) is 3.86. The Labute approximate surface area is 118 Å². The Morgan fingerprint density at radius 2 is 1.85 bits per heavy atom. The molecule has 0 saturated carbocycles. The molecule has 1 rings (SSSR count). The van der Waals surface area contributed by atoms with Gasteiger partial charge in [-0.2, -0.15) is 0 Å². The molecule has 0 aliphatic rings. The van der Waals surface area contributed by atoms with Crippen LogP contribution in [0.4, 0.5) is 4.39 Å². The number of halogens is 2. The Kier molecular flexibility index (Phi) is 5.45. The first-order chi connectivity index (χ1) is 9.32. The number of aliphatic carboxylic acids is 2. The first-order valence-corrected chi connectivity index (χ1v) is 5.87. The third kappa shape index (κ3) is 4.20. The van der Waals surface area contributed by atoms with E-state index in [-0.39, 0.29) is 11.6 Å². The van der Waals surface area contributed by atoms with Crippen molar-refractivity contribution in [3.63, 3.8) is 0 Å². The van der Waals surface area contributed by atoms with E-state index in [0.717, 1.165) is 11.0 Å². The number of carbonyl (C=O) groups excluding carboxylic acids is 1. The number of hydrogen-bond donors (Lipinski definition) is 2. The molecule has 0 aromatic heterocycles. The van der Waals surface area contributed by atoms with Crippen molar-refractivity contribution in [3.8, 4) is 0 Å². The quantitative estimate of drug-likeness (QED) is 0.830. The summed E-state index contributed by atoms with van der Waals surface area (Å²) in [5, 5.41) is 17.1. The highest BCUT2D eigenvalue weighted by atomic mass is 35.5. The van der Waals surface area contributed by atoms with Crippen molar-refractivity contribution in [2.75, 3.05) is 13.1 Å². The molecule has 2 N–H and O–H groups in total. The maximum atomic E-state index is 13.6. The molecule has 0 saturated heterocycles. The highest BCUT2D eigenvalue weighted by Crippen LogP contribution is 2.20. The Morgan fingerprint density at radius 1 is 1.20 bits per heavy atom. The van der Waals surface area contributed by atoms with Gasteiger partial charge < -0.3 is 15.1 Å². The molecule has 6 nitrogen and oxygen atoms in total. The lowest BCUT2D eigenvalue weighted by Gasteiger charge is -2.20. The lowest BCUT2D eigenvalue weighted by Crippen LogP contribution is -2.37. The molecule has 0 aliphatic carbocycles. The van der Waals surface area contributed by atoms with Crippen LogP contribution in [0.2, 0.25) is 5.02 Å². The summed E-state index contributed by atoms with van der Waals surface area (Å²) in [7, 11) is 0. The maximum Gasteiger partial charge on any atom is 0.323 e. The van der Waals surface area contributed by atoms with Crippen molar-refractivity contribution in [1.29, 1.82) is 0 Å². The van der Waals surface area contributed by atoms with Crippen LogP contribution in [-0.2, 0) is 9.59 Å². The van der Waals surface area contributed by atoms with Crippen molar-refractivity contribution in [2.45, 2.75) is 6.42 Å². The number of carboxylic acids is 2. The summed E-state index contributed by atoms with van der Waals surface area (Å²) in [6, 6.07) is 3.59. The van der Waals surface area contributed by atoms with Gasteiger partial charge in [-0.05, 0) is 12.1 Å². The van der Waals surface area contributed by atoms with Gasteiger partial charge in [-0.15, -0.1) is 0 Å². The van der Waals surface area contributed by atoms with Crippen molar-refractivity contribution < 1.29 is 29.0 Å². The highest BCUT2D eigenvalue weighted by molar-refractivity contribution is 6.33. The van der Waals surface area contributed by atoms with Gasteiger partial charge in [0.15, 0.2) is 0 Å². The molecule has 0 radical (unpaired) electrons. The van der Waals surface area contributed by atoms with Crippen LogP contribution < -0.4 is 0 Å². The molecule has 1 amide bonds. The van der Waals surface area contributed by atoms with E-state index < -0.39 is 42.2 Å². The van der Waals surface area contributed by atoms with Crippen LogP contribution in [-0.4, -0.2) is 46.0 Å². The lowest BCUT2D eigenvalue weighted by molar-refractivity contribution is -0.140. The molecule has 20 heavy (non-hydrogen) atoms. The molecular weight excluding hydrogens is 293 g/mol. The molecule has 0 bridgehead atoms. The number of hydrogen-bond acceptors (Lipinski definition) is 3. The average molecular weight is 304 g/mol. The molecule has 0 heterocycles. The van der Waals surface area contributed by atoms with E-state index in [1.54, 1.807) is 0 Å². The normalized spacial score (nSPS) is 10.1. The third-order valence-corrected chi connectivity index (χ3v) is 2.70. The predicted molar refractivity (Wildman–Crippen MR) is 67.2 cm³/mol. The van der Waals surface area contributed by atoms with E-state index in [9.17, 15) is 18.8 Å². The van der Waals surface area contributed by atoms with Gasteiger partial charge in [0.2, 0.25) is 0 Å². The molecule has 0 spiro atoms. The fourth-order valence-electron chi connectivity index (χ4n) is 1.51. The van der Waals surface area contributed by atoms with E-state index >= 15 is 0 Å². The van der Waals surface area contributed by atoms with Crippen molar-refractivity contribution in [1.82, 2.24) is 4.90 Å². The first-order valence-electron chi connectivity index (χ1n) is 5.49. The highest BCUT2D eigenvalue weighted by Gasteiger charge is 2.24. The molecule has 0 unspecified atom stereocenters. The summed E-state index contributed by atoms with van der Waals surface area (Å²) in [5.41, 5.74) is -0.471. The summed E-state index contributed by atoms with van der Waals surface area (Å²) in [6.45, 7) is -1.10. The number of rotatable bonds is 6. The summed E-state index contributed by atoms with van der Waals surface area (Å²) >= 11 is 5.72. The molecule has 1 aromatic rings. The largest absolute Gasteiger partial charge is 0.481 e. The van der Waals surface area contributed by atoms with Crippen molar-refractivity contribution in [2.24, 2.45) is 0 Å². The molecule has 8 heteroatoms.